The quantitative estimate of drug-likeness (QED) is 0.149. The van der Waals surface area contributed by atoms with Crippen LogP contribution in [0.3, 0.4) is 0 Å². The molecule has 9 N–H and O–H groups in total. The fraction of sp³-hybridized carbons (Fsp3) is 0.577. The number of fused-ring (bicyclic) bond motifs is 1. The van der Waals surface area contributed by atoms with Crippen LogP contribution in [0.1, 0.15) is 61.0 Å². The number of aliphatic imine (C=N–C) groups is 1. The summed E-state index contributed by atoms with van der Waals surface area (Å²) in [5.41, 5.74) is 13.1. The van der Waals surface area contributed by atoms with Gasteiger partial charge in [0.2, 0.25) is 17.6 Å². The lowest BCUT2D eigenvalue weighted by molar-refractivity contribution is -0.521. The van der Waals surface area contributed by atoms with Gasteiger partial charge in [0.25, 0.3) is 11.6 Å². The van der Waals surface area contributed by atoms with E-state index in [1.165, 1.54) is 4.90 Å². The van der Waals surface area contributed by atoms with Crippen molar-refractivity contribution in [3.8, 4) is 0 Å². The smallest absolute Gasteiger partial charge is 0.343 e. The molecule has 4 aliphatic heterocycles. The number of likely N-dealkylation sites (tertiary alicyclic amines) is 1. The van der Waals surface area contributed by atoms with E-state index in [0.29, 0.717) is 5.56 Å². The monoisotopic (exact) mass is 539 g/mol. The lowest BCUT2D eigenvalue weighted by Gasteiger charge is -2.46. The number of carbonyl (C=O) groups is 3. The van der Waals surface area contributed by atoms with Gasteiger partial charge in [0, 0.05) is 18.4 Å². The molecule has 0 aromatic heterocycles. The average molecular weight is 540 g/mol. The number of hydrogen-bond donors (Lipinski definition) is 7. The van der Waals surface area contributed by atoms with Crippen LogP contribution in [0.25, 0.3) is 0 Å². The Kier molecular flexibility index (Phi) is 5.50. The Hall–Kier alpha value is -3.71. The summed E-state index contributed by atoms with van der Waals surface area (Å²) < 4.78 is 0. The van der Waals surface area contributed by atoms with Crippen LogP contribution >= 0.6 is 0 Å². The van der Waals surface area contributed by atoms with Gasteiger partial charge >= 0.3 is 5.96 Å². The van der Waals surface area contributed by atoms with Crippen molar-refractivity contribution >= 4 is 29.6 Å². The fourth-order valence-corrected chi connectivity index (χ4v) is 7.21. The van der Waals surface area contributed by atoms with E-state index >= 15 is 0 Å². The second-order valence-electron chi connectivity index (χ2n) is 11.8. The molecule has 13 heteroatoms. The molecule has 3 amide bonds. The zero-order valence-corrected chi connectivity index (χ0v) is 22.0. The number of rotatable bonds is 4. The number of hydrogen-bond acceptors (Lipinski definition) is 10. The maximum Gasteiger partial charge on any atom is 0.343 e. The van der Waals surface area contributed by atoms with Gasteiger partial charge in [0.05, 0.1) is 13.1 Å². The summed E-state index contributed by atoms with van der Waals surface area (Å²) in [4.78, 5) is 48.4. The first kappa shape index (κ1) is 25.6. The molecule has 5 aliphatic rings. The van der Waals surface area contributed by atoms with Gasteiger partial charge in [-0.1, -0.05) is 26.0 Å². The molecule has 2 fully saturated rings. The van der Waals surface area contributed by atoms with Crippen molar-refractivity contribution in [1.29, 1.82) is 0 Å². The Bertz CT molecular complexity index is 1320. The highest BCUT2D eigenvalue weighted by Crippen LogP contribution is 2.42. The summed E-state index contributed by atoms with van der Waals surface area (Å²) in [6, 6.07) is 2.76. The number of amides is 3. The summed E-state index contributed by atoms with van der Waals surface area (Å²) >= 11 is 0. The Labute approximate surface area is 225 Å². The first-order chi connectivity index (χ1) is 18.4. The van der Waals surface area contributed by atoms with Crippen molar-refractivity contribution in [1.82, 2.24) is 20.4 Å². The number of aliphatic hydroxyl groups is 2. The highest BCUT2D eigenvalue weighted by molar-refractivity contribution is 6.02. The Morgan fingerprint density at radius 2 is 1.92 bits per heavy atom. The van der Waals surface area contributed by atoms with Crippen LogP contribution in [0.15, 0.2) is 23.2 Å². The molecular formula is C26H35N8O5+. The Balaban J connectivity index is 1.33. The highest BCUT2D eigenvalue weighted by Gasteiger charge is 2.76. The normalized spacial score (nSPS) is 32.2. The van der Waals surface area contributed by atoms with Crippen LogP contribution in [0.5, 0.6) is 0 Å². The molecule has 0 bridgehead atoms. The molecule has 13 nitrogen and oxygen atoms in total. The van der Waals surface area contributed by atoms with Gasteiger partial charge in [-0.25, -0.2) is 10.3 Å². The molecule has 1 aliphatic carbocycles. The van der Waals surface area contributed by atoms with E-state index in [0.717, 1.165) is 35.3 Å². The molecule has 0 saturated carbocycles. The number of guanidine groups is 2. The van der Waals surface area contributed by atoms with E-state index in [1.54, 1.807) is 6.07 Å². The third-order valence-corrected chi connectivity index (χ3v) is 9.03. The number of carbonyl (C=O) groups excluding carboxylic acids is 3. The zero-order chi connectivity index (χ0) is 27.9. The second kappa shape index (κ2) is 8.39. The SMILES string of the molecule is CC1(C)CCCc2cccc(C(=O)NC3CN4C(N)=N[C@@H](CN5C(=O)CCC5=O)[C@@H]5[NH+]=C(N)N[C@@]54C3(O)O)c21. The average Bonchev–Trinajstić information content (AvgIpc) is 3.46. The summed E-state index contributed by atoms with van der Waals surface area (Å²) in [6.07, 6.45) is 3.09. The predicted octanol–water partition coefficient (Wildman–Crippen LogP) is -3.70. The number of nitrogens with one attached hydrogen (secondary N) is 3. The third kappa shape index (κ3) is 3.55. The minimum absolute atomic E-state index is 0.0261. The molecule has 1 spiro atoms. The van der Waals surface area contributed by atoms with Crippen molar-refractivity contribution in [3.63, 3.8) is 0 Å². The minimum Gasteiger partial charge on any atom is -0.370 e. The van der Waals surface area contributed by atoms with Crippen molar-refractivity contribution < 1.29 is 29.6 Å². The van der Waals surface area contributed by atoms with Gasteiger partial charge in [-0.15, -0.1) is 0 Å². The summed E-state index contributed by atoms with van der Waals surface area (Å²) in [5.74, 6) is -3.62. The lowest BCUT2D eigenvalue weighted by Crippen LogP contribution is -2.90. The van der Waals surface area contributed by atoms with Gasteiger partial charge in [-0.2, -0.15) is 0 Å². The van der Waals surface area contributed by atoms with Crippen LogP contribution in [0, 0.1) is 0 Å². The van der Waals surface area contributed by atoms with Crippen molar-refractivity contribution in [2.75, 3.05) is 13.1 Å². The van der Waals surface area contributed by atoms with Crippen LogP contribution in [-0.2, 0) is 21.4 Å². The third-order valence-electron chi connectivity index (χ3n) is 9.03. The molecule has 6 rings (SSSR count). The largest absolute Gasteiger partial charge is 0.370 e. The minimum atomic E-state index is -2.58. The first-order valence-corrected chi connectivity index (χ1v) is 13.4. The maximum atomic E-state index is 13.7. The van der Waals surface area contributed by atoms with E-state index in [4.69, 9.17) is 11.5 Å². The summed E-state index contributed by atoms with van der Waals surface area (Å²) in [7, 11) is 0. The van der Waals surface area contributed by atoms with Crippen molar-refractivity contribution in [2.24, 2.45) is 16.5 Å². The van der Waals surface area contributed by atoms with Crippen molar-refractivity contribution in [3.05, 3.63) is 34.9 Å². The highest BCUT2D eigenvalue weighted by atomic mass is 16.5. The standard InChI is InChI=1S/C26H34N8O5/c1-24(2)10-4-6-13-5-3-7-14(19(13)24)21(37)30-16-12-34-23(28)29-15(11-33-17(35)8-9-18(33)36)20-25(34,26(16,38)39)32-22(27)31-20/h3,5,7,15-16,20,38-39H,4,6,8-12H2,1-2H3,(H2,28,29)(H,30,37)(H3,27,31,32)/p+1/t15-,16?,20-,25-/m0/s1. The van der Waals surface area contributed by atoms with Gasteiger partial charge < -0.3 is 21.3 Å². The maximum absolute atomic E-state index is 13.7. The predicted molar refractivity (Wildman–Crippen MR) is 139 cm³/mol. The van der Waals surface area contributed by atoms with E-state index in [2.05, 4.69) is 34.5 Å². The molecule has 0 radical (unpaired) electrons. The first-order valence-electron chi connectivity index (χ1n) is 13.4. The Morgan fingerprint density at radius 1 is 1.21 bits per heavy atom. The van der Waals surface area contributed by atoms with Gasteiger partial charge in [-0.3, -0.25) is 34.9 Å². The van der Waals surface area contributed by atoms with Crippen LogP contribution in [0.4, 0.5) is 0 Å². The molecule has 39 heavy (non-hydrogen) atoms. The molecule has 4 atom stereocenters. The molecule has 208 valence electrons. The second-order valence-corrected chi connectivity index (χ2v) is 11.8. The Morgan fingerprint density at radius 3 is 2.64 bits per heavy atom. The van der Waals surface area contributed by atoms with Crippen LogP contribution < -0.4 is 27.1 Å². The molecule has 1 unspecified atom stereocenters. The molecule has 2 saturated heterocycles. The lowest BCUT2D eigenvalue weighted by atomic mass is 9.70. The van der Waals surface area contributed by atoms with E-state index < -0.39 is 35.5 Å². The van der Waals surface area contributed by atoms with Crippen LogP contribution in [0.2, 0.25) is 0 Å². The van der Waals surface area contributed by atoms with E-state index in [1.807, 2.05) is 12.1 Å². The summed E-state index contributed by atoms with van der Waals surface area (Å²) in [5, 5.41) is 29.3. The molecule has 1 aromatic carbocycles. The molecule has 4 heterocycles. The summed E-state index contributed by atoms with van der Waals surface area (Å²) in [6.45, 7) is 4.06. The van der Waals surface area contributed by atoms with E-state index in [9.17, 15) is 24.6 Å². The number of benzene rings is 1. The topological polar surface area (TPSA) is 201 Å². The zero-order valence-electron chi connectivity index (χ0n) is 22.0. The molecule has 1 aromatic rings. The van der Waals surface area contributed by atoms with Gasteiger partial charge in [-0.05, 0) is 41.9 Å². The van der Waals surface area contributed by atoms with Crippen LogP contribution in [-0.4, -0.2) is 92.3 Å². The van der Waals surface area contributed by atoms with Gasteiger partial charge in [0.15, 0.2) is 12.0 Å². The molecular weight excluding hydrogens is 504 g/mol. The number of imide groups is 1. The number of nitrogens with two attached hydrogens (primary N) is 2. The van der Waals surface area contributed by atoms with E-state index in [-0.39, 0.29) is 55.1 Å². The number of nitrogens with zero attached hydrogens (tertiary/aromatic N) is 3. The fourth-order valence-electron chi connectivity index (χ4n) is 7.21. The van der Waals surface area contributed by atoms with Crippen molar-refractivity contribution in [2.45, 2.75) is 80.9 Å². The van der Waals surface area contributed by atoms with Gasteiger partial charge in [0.1, 0.15) is 12.1 Å². The number of aryl methyl sites for hydroxylation is 1.